The fourth-order valence-electron chi connectivity index (χ4n) is 3.25. The standard InChI is InChI=1S/C13H27N3O3S/c1-14(2)10-13-6-4-8-16(13)20(18,19)15-7-3-5-12(9-15)11-17/h12-13,17H,3-11H2,1-2H3. The van der Waals surface area contributed by atoms with E-state index in [1.807, 2.05) is 19.0 Å². The highest BCUT2D eigenvalue weighted by atomic mass is 32.2. The summed E-state index contributed by atoms with van der Waals surface area (Å²) < 4.78 is 28.8. The molecule has 2 saturated heterocycles. The summed E-state index contributed by atoms with van der Waals surface area (Å²) in [6, 6.07) is 0.0875. The molecule has 0 aromatic heterocycles. The van der Waals surface area contributed by atoms with Crippen molar-refractivity contribution in [3.63, 3.8) is 0 Å². The minimum Gasteiger partial charge on any atom is -0.396 e. The van der Waals surface area contributed by atoms with Gasteiger partial charge in [0.05, 0.1) is 0 Å². The molecule has 0 aromatic carbocycles. The molecule has 6 nitrogen and oxygen atoms in total. The number of likely N-dealkylation sites (N-methyl/N-ethyl adjacent to an activating group) is 1. The van der Waals surface area contributed by atoms with Crippen molar-refractivity contribution in [2.45, 2.75) is 31.7 Å². The van der Waals surface area contributed by atoms with E-state index < -0.39 is 10.2 Å². The van der Waals surface area contributed by atoms with Crippen LogP contribution in [0.2, 0.25) is 0 Å². The van der Waals surface area contributed by atoms with Crippen LogP contribution in [0.5, 0.6) is 0 Å². The molecule has 7 heteroatoms. The van der Waals surface area contributed by atoms with Gasteiger partial charge in [-0.25, -0.2) is 0 Å². The highest BCUT2D eigenvalue weighted by molar-refractivity contribution is 7.86. The number of aliphatic hydroxyl groups excluding tert-OH is 1. The van der Waals surface area contributed by atoms with Crippen LogP contribution in [-0.4, -0.2) is 80.0 Å². The highest BCUT2D eigenvalue weighted by Crippen LogP contribution is 2.27. The Morgan fingerprint density at radius 2 is 1.90 bits per heavy atom. The first-order chi connectivity index (χ1) is 9.45. The summed E-state index contributed by atoms with van der Waals surface area (Å²) in [6.45, 7) is 2.53. The molecule has 2 unspecified atom stereocenters. The lowest BCUT2D eigenvalue weighted by atomic mass is 10.0. The van der Waals surface area contributed by atoms with Crippen LogP contribution in [0.4, 0.5) is 0 Å². The van der Waals surface area contributed by atoms with Gasteiger partial charge in [-0.1, -0.05) is 0 Å². The van der Waals surface area contributed by atoms with Crippen LogP contribution in [0, 0.1) is 5.92 Å². The summed E-state index contributed by atoms with van der Waals surface area (Å²) in [5.74, 6) is 0.0911. The smallest absolute Gasteiger partial charge is 0.282 e. The van der Waals surface area contributed by atoms with E-state index in [9.17, 15) is 13.5 Å². The third kappa shape index (κ3) is 3.51. The van der Waals surface area contributed by atoms with Gasteiger partial charge < -0.3 is 10.0 Å². The molecular weight excluding hydrogens is 278 g/mol. The van der Waals surface area contributed by atoms with E-state index in [1.165, 1.54) is 0 Å². The SMILES string of the molecule is CN(C)CC1CCCN1S(=O)(=O)N1CCCC(CO)C1. The molecule has 2 heterocycles. The molecule has 0 aromatic rings. The van der Waals surface area contributed by atoms with Crippen LogP contribution in [0.25, 0.3) is 0 Å². The van der Waals surface area contributed by atoms with Crippen molar-refractivity contribution < 1.29 is 13.5 Å². The fourth-order valence-corrected chi connectivity index (χ4v) is 5.21. The molecule has 2 rings (SSSR count). The first-order valence-electron chi connectivity index (χ1n) is 7.47. The number of hydrogen-bond donors (Lipinski definition) is 1. The van der Waals surface area contributed by atoms with Gasteiger partial charge in [-0.15, -0.1) is 0 Å². The van der Waals surface area contributed by atoms with Crippen molar-refractivity contribution in [3.8, 4) is 0 Å². The Labute approximate surface area is 122 Å². The van der Waals surface area contributed by atoms with E-state index in [-0.39, 0.29) is 18.6 Å². The van der Waals surface area contributed by atoms with Crippen molar-refractivity contribution in [2.75, 3.05) is 46.9 Å². The van der Waals surface area contributed by atoms with Gasteiger partial charge in [0.2, 0.25) is 0 Å². The van der Waals surface area contributed by atoms with Gasteiger partial charge in [0.1, 0.15) is 0 Å². The maximum atomic E-state index is 12.8. The van der Waals surface area contributed by atoms with E-state index in [1.54, 1.807) is 8.61 Å². The van der Waals surface area contributed by atoms with E-state index >= 15 is 0 Å². The maximum Gasteiger partial charge on any atom is 0.282 e. The third-order valence-electron chi connectivity index (χ3n) is 4.26. The van der Waals surface area contributed by atoms with Crippen molar-refractivity contribution in [1.82, 2.24) is 13.5 Å². The molecular formula is C13H27N3O3S. The Morgan fingerprint density at radius 3 is 2.55 bits per heavy atom. The Balaban J connectivity index is 2.08. The molecule has 0 radical (unpaired) electrons. The zero-order chi connectivity index (χ0) is 14.8. The second kappa shape index (κ2) is 6.70. The van der Waals surface area contributed by atoms with Gasteiger partial charge in [-0.3, -0.25) is 0 Å². The van der Waals surface area contributed by atoms with Gasteiger partial charge in [0.15, 0.2) is 0 Å². The van der Waals surface area contributed by atoms with Crippen LogP contribution in [-0.2, 0) is 10.2 Å². The minimum atomic E-state index is -3.37. The largest absolute Gasteiger partial charge is 0.396 e. The number of piperidine rings is 1. The van der Waals surface area contributed by atoms with Gasteiger partial charge in [-0.2, -0.15) is 17.0 Å². The molecule has 2 aliphatic heterocycles. The summed E-state index contributed by atoms with van der Waals surface area (Å²) in [5.41, 5.74) is 0. The van der Waals surface area contributed by atoms with E-state index in [0.717, 1.165) is 32.2 Å². The van der Waals surface area contributed by atoms with Crippen LogP contribution < -0.4 is 0 Å². The first kappa shape index (κ1) is 16.2. The second-order valence-corrected chi connectivity index (χ2v) is 8.11. The quantitative estimate of drug-likeness (QED) is 0.774. The Hall–Kier alpha value is -0.210. The molecule has 20 heavy (non-hydrogen) atoms. The molecule has 2 atom stereocenters. The molecule has 0 saturated carbocycles. The lowest BCUT2D eigenvalue weighted by Crippen LogP contribution is -2.51. The highest BCUT2D eigenvalue weighted by Gasteiger charge is 2.39. The van der Waals surface area contributed by atoms with Crippen LogP contribution >= 0.6 is 0 Å². The summed E-state index contributed by atoms with van der Waals surface area (Å²) in [5, 5.41) is 9.27. The minimum absolute atomic E-state index is 0.0765. The number of nitrogens with zero attached hydrogens (tertiary/aromatic N) is 3. The Bertz CT molecular complexity index is 413. The number of hydrogen-bond acceptors (Lipinski definition) is 4. The zero-order valence-corrected chi connectivity index (χ0v) is 13.3. The molecule has 0 spiro atoms. The lowest BCUT2D eigenvalue weighted by molar-refractivity contribution is 0.159. The van der Waals surface area contributed by atoms with Crippen LogP contribution in [0.15, 0.2) is 0 Å². The normalized spacial score (nSPS) is 30.2. The molecule has 0 bridgehead atoms. The van der Waals surface area contributed by atoms with Gasteiger partial charge in [-0.05, 0) is 45.7 Å². The summed E-state index contributed by atoms with van der Waals surface area (Å²) in [4.78, 5) is 2.05. The maximum absolute atomic E-state index is 12.8. The summed E-state index contributed by atoms with van der Waals surface area (Å²) in [6.07, 6.45) is 3.64. The predicted octanol–water partition coefficient (Wildman–Crippen LogP) is -0.0385. The van der Waals surface area contributed by atoms with Gasteiger partial charge in [0.25, 0.3) is 10.2 Å². The Morgan fingerprint density at radius 1 is 1.20 bits per heavy atom. The molecule has 118 valence electrons. The van der Waals surface area contributed by atoms with E-state index in [2.05, 4.69) is 0 Å². The van der Waals surface area contributed by atoms with Gasteiger partial charge in [0, 0.05) is 38.8 Å². The average Bonchev–Trinajstić information content (AvgIpc) is 2.86. The molecule has 0 aliphatic carbocycles. The Kier molecular flexibility index (Phi) is 5.42. The number of rotatable bonds is 5. The van der Waals surface area contributed by atoms with E-state index in [4.69, 9.17) is 0 Å². The average molecular weight is 305 g/mol. The monoisotopic (exact) mass is 305 g/mol. The number of aliphatic hydroxyl groups is 1. The predicted molar refractivity (Wildman–Crippen MR) is 78.6 cm³/mol. The second-order valence-electron chi connectivity index (χ2n) is 6.23. The fraction of sp³-hybridized carbons (Fsp3) is 1.00. The van der Waals surface area contributed by atoms with Gasteiger partial charge >= 0.3 is 0 Å². The molecule has 0 amide bonds. The third-order valence-corrected chi connectivity index (χ3v) is 6.32. The zero-order valence-electron chi connectivity index (χ0n) is 12.5. The van der Waals surface area contributed by atoms with Crippen molar-refractivity contribution >= 4 is 10.2 Å². The van der Waals surface area contributed by atoms with Crippen molar-refractivity contribution in [1.29, 1.82) is 0 Å². The molecule has 2 aliphatic rings. The van der Waals surface area contributed by atoms with Crippen molar-refractivity contribution in [2.24, 2.45) is 5.92 Å². The summed E-state index contributed by atoms with van der Waals surface area (Å²) >= 11 is 0. The molecule has 1 N–H and O–H groups in total. The van der Waals surface area contributed by atoms with E-state index in [0.29, 0.717) is 19.6 Å². The molecule has 2 fully saturated rings. The van der Waals surface area contributed by atoms with Crippen LogP contribution in [0.1, 0.15) is 25.7 Å². The van der Waals surface area contributed by atoms with Crippen molar-refractivity contribution in [3.05, 3.63) is 0 Å². The van der Waals surface area contributed by atoms with Crippen LogP contribution in [0.3, 0.4) is 0 Å². The topological polar surface area (TPSA) is 64.1 Å². The lowest BCUT2D eigenvalue weighted by Gasteiger charge is -2.36. The summed E-state index contributed by atoms with van der Waals surface area (Å²) in [7, 11) is 0.585. The first-order valence-corrected chi connectivity index (χ1v) is 8.87.